The largest absolute Gasteiger partial charge is 0.492 e. The highest BCUT2D eigenvalue weighted by atomic mass is 79.9. The highest BCUT2D eigenvalue weighted by molar-refractivity contribution is 9.10. The average molecular weight is 393 g/mol. The van der Waals surface area contributed by atoms with Gasteiger partial charge in [-0.3, -0.25) is 4.40 Å². The van der Waals surface area contributed by atoms with Crippen molar-refractivity contribution >= 4 is 27.5 Å². The molecular formula is C14H16BrF3N4O. The molecule has 3 rings (SSSR count). The minimum absolute atomic E-state index is 0.139. The number of nitrogens with two attached hydrogens (primary N) is 1. The number of aromatic nitrogens is 3. The van der Waals surface area contributed by atoms with Gasteiger partial charge >= 0.3 is 6.18 Å². The summed E-state index contributed by atoms with van der Waals surface area (Å²) in [5.74, 6) is -0.166. The molecule has 0 aliphatic heterocycles. The number of fused-ring (bicyclic) bond motifs is 1. The Morgan fingerprint density at radius 2 is 1.96 bits per heavy atom. The highest BCUT2D eigenvalue weighted by Crippen LogP contribution is 2.39. The van der Waals surface area contributed by atoms with Crippen LogP contribution in [0.15, 0.2) is 16.7 Å². The number of nitrogen functional groups attached to an aromatic ring is 1. The van der Waals surface area contributed by atoms with Crippen LogP contribution in [0.3, 0.4) is 0 Å². The molecule has 2 heterocycles. The lowest BCUT2D eigenvalue weighted by molar-refractivity contribution is -0.184. The number of alkyl halides is 3. The van der Waals surface area contributed by atoms with Crippen LogP contribution >= 0.6 is 15.9 Å². The summed E-state index contributed by atoms with van der Waals surface area (Å²) >= 11 is 3.39. The second-order valence-corrected chi connectivity index (χ2v) is 6.70. The molecule has 0 unspecified atom stereocenters. The molecule has 0 radical (unpaired) electrons. The molecule has 0 atom stereocenters. The summed E-state index contributed by atoms with van der Waals surface area (Å²) in [7, 11) is 0. The Hall–Kier alpha value is -1.51. The monoisotopic (exact) mass is 392 g/mol. The number of ether oxygens (including phenoxy) is 1. The van der Waals surface area contributed by atoms with Gasteiger partial charge in [0.2, 0.25) is 5.95 Å². The van der Waals surface area contributed by atoms with E-state index in [1.807, 2.05) is 0 Å². The Morgan fingerprint density at radius 3 is 2.61 bits per heavy atom. The molecule has 126 valence electrons. The van der Waals surface area contributed by atoms with E-state index in [4.69, 9.17) is 10.5 Å². The van der Waals surface area contributed by atoms with E-state index in [0.29, 0.717) is 35.3 Å². The summed E-state index contributed by atoms with van der Waals surface area (Å²) in [6, 6.07) is 1.70. The van der Waals surface area contributed by atoms with Crippen molar-refractivity contribution in [2.24, 2.45) is 11.8 Å². The molecule has 0 saturated heterocycles. The van der Waals surface area contributed by atoms with E-state index in [9.17, 15) is 13.2 Å². The first kappa shape index (κ1) is 16.4. The first-order valence-electron chi connectivity index (χ1n) is 7.34. The lowest BCUT2D eigenvalue weighted by Gasteiger charge is -2.29. The van der Waals surface area contributed by atoms with E-state index < -0.39 is 12.1 Å². The molecule has 1 saturated carbocycles. The predicted octanol–water partition coefficient (Wildman–Crippen LogP) is 3.82. The van der Waals surface area contributed by atoms with Gasteiger partial charge in [0.25, 0.3) is 0 Å². The Kier molecular flexibility index (Phi) is 4.39. The standard InChI is InChI=1S/C14H16BrF3N4O/c15-10-6-22-12(20-21-13(22)19)5-11(10)23-7-8-1-3-9(4-2-8)14(16,17)18/h5-6,8-9H,1-4,7H2,(H2,19,21)/t8-,9-. The molecule has 5 nitrogen and oxygen atoms in total. The third-order valence-corrected chi connectivity index (χ3v) is 4.87. The van der Waals surface area contributed by atoms with Gasteiger partial charge in [0.1, 0.15) is 5.75 Å². The third kappa shape index (κ3) is 3.54. The number of nitrogens with zero attached hydrogens (tertiary/aromatic N) is 3. The van der Waals surface area contributed by atoms with Crippen LogP contribution in [-0.2, 0) is 0 Å². The fourth-order valence-corrected chi connectivity index (χ4v) is 3.32. The Morgan fingerprint density at radius 1 is 1.26 bits per heavy atom. The molecule has 1 aliphatic rings. The Balaban J connectivity index is 1.60. The molecule has 2 aromatic heterocycles. The van der Waals surface area contributed by atoms with E-state index >= 15 is 0 Å². The molecular weight excluding hydrogens is 377 g/mol. The maximum atomic E-state index is 12.7. The van der Waals surface area contributed by atoms with E-state index in [2.05, 4.69) is 26.1 Å². The van der Waals surface area contributed by atoms with Crippen molar-refractivity contribution in [2.75, 3.05) is 12.3 Å². The second kappa shape index (κ2) is 6.18. The van der Waals surface area contributed by atoms with Crippen molar-refractivity contribution in [3.63, 3.8) is 0 Å². The minimum atomic E-state index is -4.08. The summed E-state index contributed by atoms with van der Waals surface area (Å²) in [4.78, 5) is 0. The molecule has 1 fully saturated rings. The average Bonchev–Trinajstić information content (AvgIpc) is 2.85. The van der Waals surface area contributed by atoms with Crippen molar-refractivity contribution < 1.29 is 17.9 Å². The molecule has 0 bridgehead atoms. The van der Waals surface area contributed by atoms with E-state index in [-0.39, 0.29) is 24.7 Å². The van der Waals surface area contributed by atoms with Gasteiger partial charge in [-0.2, -0.15) is 13.2 Å². The zero-order valence-corrected chi connectivity index (χ0v) is 13.8. The molecule has 0 aromatic carbocycles. The number of pyridine rings is 1. The van der Waals surface area contributed by atoms with Crippen LogP contribution in [0.5, 0.6) is 5.75 Å². The van der Waals surface area contributed by atoms with Gasteiger partial charge in [-0.25, -0.2) is 0 Å². The first-order valence-corrected chi connectivity index (χ1v) is 8.13. The van der Waals surface area contributed by atoms with Crippen molar-refractivity contribution in [1.82, 2.24) is 14.6 Å². The fraction of sp³-hybridized carbons (Fsp3) is 0.571. The van der Waals surface area contributed by atoms with Crippen molar-refractivity contribution in [1.29, 1.82) is 0 Å². The summed E-state index contributed by atoms with van der Waals surface area (Å²) in [6.45, 7) is 0.392. The van der Waals surface area contributed by atoms with Gasteiger partial charge in [0.05, 0.1) is 17.0 Å². The molecule has 1 aliphatic carbocycles. The van der Waals surface area contributed by atoms with Gasteiger partial charge in [0, 0.05) is 12.3 Å². The van der Waals surface area contributed by atoms with Crippen LogP contribution in [0, 0.1) is 11.8 Å². The molecule has 0 spiro atoms. The number of anilines is 1. The smallest absolute Gasteiger partial charge is 0.391 e. The molecule has 23 heavy (non-hydrogen) atoms. The SMILES string of the molecule is Nc1nnc2cc(OC[C@H]3CC[C@H](C(F)(F)F)CC3)c(Br)cn12. The summed E-state index contributed by atoms with van der Waals surface area (Å²) in [5, 5.41) is 7.68. The Labute approximate surface area is 139 Å². The maximum absolute atomic E-state index is 12.7. The summed E-state index contributed by atoms with van der Waals surface area (Å²) < 4.78 is 46.1. The second-order valence-electron chi connectivity index (χ2n) is 5.84. The number of hydrogen-bond acceptors (Lipinski definition) is 4. The lowest BCUT2D eigenvalue weighted by atomic mass is 9.82. The van der Waals surface area contributed by atoms with Gasteiger partial charge in [0.15, 0.2) is 5.65 Å². The van der Waals surface area contributed by atoms with Crippen molar-refractivity contribution in [3.05, 3.63) is 16.7 Å². The van der Waals surface area contributed by atoms with E-state index in [0.717, 1.165) is 0 Å². The van der Waals surface area contributed by atoms with Crippen LogP contribution in [0.4, 0.5) is 19.1 Å². The number of hydrogen-bond donors (Lipinski definition) is 1. The van der Waals surface area contributed by atoms with E-state index in [1.54, 1.807) is 16.7 Å². The van der Waals surface area contributed by atoms with Gasteiger partial charge in [-0.1, -0.05) is 0 Å². The molecule has 0 amide bonds. The fourth-order valence-electron chi connectivity index (χ4n) is 2.88. The van der Waals surface area contributed by atoms with Crippen molar-refractivity contribution in [2.45, 2.75) is 31.9 Å². The quantitative estimate of drug-likeness (QED) is 0.861. The van der Waals surface area contributed by atoms with Crippen LogP contribution in [0.1, 0.15) is 25.7 Å². The molecule has 2 aromatic rings. The minimum Gasteiger partial charge on any atom is -0.492 e. The predicted molar refractivity (Wildman–Crippen MR) is 82.1 cm³/mol. The van der Waals surface area contributed by atoms with Gasteiger partial charge in [-0.05, 0) is 47.5 Å². The summed E-state index contributed by atoms with van der Waals surface area (Å²) in [5.41, 5.74) is 6.23. The zero-order chi connectivity index (χ0) is 16.6. The van der Waals surface area contributed by atoms with Crippen LogP contribution in [0.25, 0.3) is 5.65 Å². The van der Waals surface area contributed by atoms with Crippen molar-refractivity contribution in [3.8, 4) is 5.75 Å². The van der Waals surface area contributed by atoms with Crippen LogP contribution in [0.2, 0.25) is 0 Å². The maximum Gasteiger partial charge on any atom is 0.391 e. The molecule has 9 heteroatoms. The van der Waals surface area contributed by atoms with E-state index in [1.165, 1.54) is 0 Å². The number of rotatable bonds is 3. The Bertz CT molecular complexity index is 695. The first-order chi connectivity index (χ1) is 10.8. The number of halogens is 4. The van der Waals surface area contributed by atoms with Gasteiger partial charge < -0.3 is 10.5 Å². The van der Waals surface area contributed by atoms with Gasteiger partial charge in [-0.15, -0.1) is 10.2 Å². The van der Waals surface area contributed by atoms with Crippen LogP contribution < -0.4 is 10.5 Å². The zero-order valence-electron chi connectivity index (χ0n) is 12.2. The third-order valence-electron chi connectivity index (χ3n) is 4.27. The normalized spacial score (nSPS) is 22.4. The molecule has 2 N–H and O–H groups in total. The highest BCUT2D eigenvalue weighted by Gasteiger charge is 2.41. The van der Waals surface area contributed by atoms with Crippen LogP contribution in [-0.4, -0.2) is 27.4 Å². The lowest BCUT2D eigenvalue weighted by Crippen LogP contribution is -2.29. The summed E-state index contributed by atoms with van der Waals surface area (Å²) in [6.07, 6.45) is -0.950. The topological polar surface area (TPSA) is 65.4 Å².